The molecular weight excluding hydrogens is 272 g/mol. The summed E-state index contributed by atoms with van der Waals surface area (Å²) in [6.07, 6.45) is 1.57. The van der Waals surface area contributed by atoms with Gasteiger partial charge in [-0.15, -0.1) is 0 Å². The summed E-state index contributed by atoms with van der Waals surface area (Å²) in [5, 5.41) is 9.33. The van der Waals surface area contributed by atoms with E-state index in [1.807, 2.05) is 6.92 Å². The Bertz CT molecular complexity index is 411. The van der Waals surface area contributed by atoms with Crippen LogP contribution in [0.4, 0.5) is 0 Å². The summed E-state index contributed by atoms with van der Waals surface area (Å²) in [5.41, 5.74) is -0.940. The van der Waals surface area contributed by atoms with Crippen molar-refractivity contribution in [3.05, 3.63) is 0 Å². The van der Waals surface area contributed by atoms with Crippen LogP contribution >= 0.6 is 0 Å². The highest BCUT2D eigenvalue weighted by Gasteiger charge is 2.47. The molecule has 1 aliphatic rings. The molecule has 19 heavy (non-hydrogen) atoms. The second kappa shape index (κ2) is 6.65. The first kappa shape index (κ1) is 16.4. The Hall–Kier alpha value is -0.700. The molecule has 0 aromatic carbocycles. The molecule has 0 aliphatic carbocycles. The average Bonchev–Trinajstić information content (AvgIpc) is 2.76. The molecule has 0 aromatic heterocycles. The highest BCUT2D eigenvalue weighted by molar-refractivity contribution is 7.87. The highest BCUT2D eigenvalue weighted by atomic mass is 32.2. The van der Waals surface area contributed by atoms with Crippen LogP contribution in [0.5, 0.6) is 0 Å². The zero-order valence-corrected chi connectivity index (χ0v) is 12.2. The quantitative estimate of drug-likeness (QED) is 0.616. The first-order valence-electron chi connectivity index (χ1n) is 6.35. The molecule has 1 fully saturated rings. The lowest BCUT2D eigenvalue weighted by Gasteiger charge is -2.24. The van der Waals surface area contributed by atoms with Gasteiger partial charge in [0.2, 0.25) is 0 Å². The summed E-state index contributed by atoms with van der Waals surface area (Å²) in [5.74, 6) is -0.913. The maximum Gasteiger partial charge on any atom is 0.311 e. The molecule has 112 valence electrons. The standard InChI is InChI=1S/C11H22N2O5S/c1-3-4-11(10(14)15)5-7-13(9-11)19(16,17)12-6-8-18-2/h12H,3-9H2,1-2H3,(H,14,15). The molecule has 1 aliphatic heterocycles. The maximum atomic E-state index is 12.0. The van der Waals surface area contributed by atoms with Crippen LogP contribution in [0.3, 0.4) is 0 Å². The van der Waals surface area contributed by atoms with Gasteiger partial charge < -0.3 is 9.84 Å². The fourth-order valence-corrected chi connectivity index (χ4v) is 3.64. The summed E-state index contributed by atoms with van der Waals surface area (Å²) in [6.45, 7) is 2.65. The van der Waals surface area contributed by atoms with Crippen LogP contribution in [-0.2, 0) is 19.7 Å². The van der Waals surface area contributed by atoms with Gasteiger partial charge in [-0.25, -0.2) is 0 Å². The summed E-state index contributed by atoms with van der Waals surface area (Å²) < 4.78 is 32.4. The highest BCUT2D eigenvalue weighted by Crippen LogP contribution is 2.36. The predicted molar refractivity (Wildman–Crippen MR) is 70.0 cm³/mol. The summed E-state index contributed by atoms with van der Waals surface area (Å²) in [7, 11) is -2.13. The van der Waals surface area contributed by atoms with E-state index in [4.69, 9.17) is 4.74 Å². The number of methoxy groups -OCH3 is 1. The lowest BCUT2D eigenvalue weighted by molar-refractivity contribution is -0.148. The van der Waals surface area contributed by atoms with E-state index in [2.05, 4.69) is 4.72 Å². The first-order valence-corrected chi connectivity index (χ1v) is 7.79. The molecule has 0 spiro atoms. The van der Waals surface area contributed by atoms with Crippen molar-refractivity contribution in [3.63, 3.8) is 0 Å². The number of rotatable bonds is 8. The van der Waals surface area contributed by atoms with Gasteiger partial charge >= 0.3 is 5.97 Å². The number of carbonyl (C=O) groups is 1. The number of carboxylic acid groups (broad SMARTS) is 1. The van der Waals surface area contributed by atoms with E-state index in [0.29, 0.717) is 12.8 Å². The molecular formula is C11H22N2O5S. The molecule has 8 heteroatoms. The third-order valence-corrected chi connectivity index (χ3v) is 4.99. The third kappa shape index (κ3) is 3.88. The van der Waals surface area contributed by atoms with Gasteiger partial charge in [-0.1, -0.05) is 13.3 Å². The van der Waals surface area contributed by atoms with Crippen molar-refractivity contribution in [1.29, 1.82) is 0 Å². The van der Waals surface area contributed by atoms with Crippen molar-refractivity contribution in [2.45, 2.75) is 26.2 Å². The molecule has 1 heterocycles. The van der Waals surface area contributed by atoms with Crippen molar-refractivity contribution in [2.24, 2.45) is 5.41 Å². The van der Waals surface area contributed by atoms with Gasteiger partial charge in [-0.3, -0.25) is 4.79 Å². The van der Waals surface area contributed by atoms with Gasteiger partial charge in [0.15, 0.2) is 0 Å². The fourth-order valence-electron chi connectivity index (χ4n) is 2.37. The van der Waals surface area contributed by atoms with Gasteiger partial charge in [0.1, 0.15) is 0 Å². The molecule has 0 radical (unpaired) electrons. The number of nitrogens with one attached hydrogen (secondary N) is 1. The van der Waals surface area contributed by atoms with Crippen molar-refractivity contribution in [2.75, 3.05) is 33.4 Å². The second-order valence-electron chi connectivity index (χ2n) is 4.81. The molecule has 1 saturated heterocycles. The van der Waals surface area contributed by atoms with Gasteiger partial charge in [0.05, 0.1) is 12.0 Å². The minimum absolute atomic E-state index is 0.0402. The molecule has 7 nitrogen and oxygen atoms in total. The molecule has 0 aromatic rings. The van der Waals surface area contributed by atoms with E-state index in [1.54, 1.807) is 0 Å². The predicted octanol–water partition coefficient (Wildman–Crippen LogP) is 0.0440. The average molecular weight is 294 g/mol. The van der Waals surface area contributed by atoms with Crippen LogP contribution in [0.25, 0.3) is 0 Å². The van der Waals surface area contributed by atoms with Gasteiger partial charge in [-0.2, -0.15) is 17.4 Å². The molecule has 1 rings (SSSR count). The van der Waals surface area contributed by atoms with E-state index < -0.39 is 21.6 Å². The van der Waals surface area contributed by atoms with Crippen LogP contribution in [0.1, 0.15) is 26.2 Å². The normalized spacial score (nSPS) is 24.7. The van der Waals surface area contributed by atoms with Gasteiger partial charge in [0.25, 0.3) is 10.2 Å². The van der Waals surface area contributed by atoms with Crippen LogP contribution < -0.4 is 4.72 Å². The van der Waals surface area contributed by atoms with Crippen LogP contribution in [0.2, 0.25) is 0 Å². The topological polar surface area (TPSA) is 95.9 Å². The molecule has 2 N–H and O–H groups in total. The van der Waals surface area contributed by atoms with E-state index >= 15 is 0 Å². The lowest BCUT2D eigenvalue weighted by Crippen LogP contribution is -2.43. The number of aliphatic carboxylic acids is 1. The van der Waals surface area contributed by atoms with Crippen molar-refractivity contribution in [3.8, 4) is 0 Å². The summed E-state index contributed by atoms with van der Waals surface area (Å²) in [6, 6.07) is 0. The minimum atomic E-state index is -3.62. The molecule has 0 amide bonds. The van der Waals surface area contributed by atoms with Crippen molar-refractivity contribution in [1.82, 2.24) is 9.03 Å². The van der Waals surface area contributed by atoms with Crippen molar-refractivity contribution >= 4 is 16.2 Å². The Morgan fingerprint density at radius 2 is 2.21 bits per heavy atom. The molecule has 1 atom stereocenters. The Kier molecular flexibility index (Phi) is 5.72. The van der Waals surface area contributed by atoms with Crippen LogP contribution in [0.15, 0.2) is 0 Å². The zero-order chi connectivity index (χ0) is 14.5. The van der Waals surface area contributed by atoms with Gasteiger partial charge in [0, 0.05) is 26.7 Å². The number of nitrogens with zero attached hydrogens (tertiary/aromatic N) is 1. The fraction of sp³-hybridized carbons (Fsp3) is 0.909. The van der Waals surface area contributed by atoms with E-state index in [0.717, 1.165) is 6.42 Å². The molecule has 1 unspecified atom stereocenters. The van der Waals surface area contributed by atoms with Crippen molar-refractivity contribution < 1.29 is 23.1 Å². The number of ether oxygens (including phenoxy) is 1. The Morgan fingerprint density at radius 1 is 1.53 bits per heavy atom. The Labute approximate surface area is 114 Å². The van der Waals surface area contributed by atoms with Gasteiger partial charge in [-0.05, 0) is 12.8 Å². The zero-order valence-electron chi connectivity index (χ0n) is 11.4. The monoisotopic (exact) mass is 294 g/mol. The first-order chi connectivity index (χ1) is 8.88. The number of hydrogen-bond acceptors (Lipinski definition) is 4. The Morgan fingerprint density at radius 3 is 2.74 bits per heavy atom. The van der Waals surface area contributed by atoms with E-state index in [-0.39, 0.29) is 26.2 Å². The van der Waals surface area contributed by atoms with Crippen LogP contribution in [0, 0.1) is 5.41 Å². The SMILES string of the molecule is CCCC1(C(=O)O)CCN(S(=O)(=O)NCCOC)C1. The maximum absolute atomic E-state index is 12.0. The molecule has 0 saturated carbocycles. The largest absolute Gasteiger partial charge is 0.481 e. The summed E-state index contributed by atoms with van der Waals surface area (Å²) >= 11 is 0. The van der Waals surface area contributed by atoms with E-state index in [9.17, 15) is 18.3 Å². The second-order valence-corrected chi connectivity index (χ2v) is 6.57. The number of hydrogen-bond donors (Lipinski definition) is 2. The smallest absolute Gasteiger partial charge is 0.311 e. The number of carboxylic acids is 1. The molecule has 0 bridgehead atoms. The Balaban J connectivity index is 2.70. The third-order valence-electron chi connectivity index (χ3n) is 3.43. The summed E-state index contributed by atoms with van der Waals surface area (Å²) in [4.78, 5) is 11.4. The van der Waals surface area contributed by atoms with Crippen LogP contribution in [-0.4, -0.2) is 57.1 Å². The lowest BCUT2D eigenvalue weighted by atomic mass is 9.83. The van der Waals surface area contributed by atoms with E-state index in [1.165, 1.54) is 11.4 Å². The minimum Gasteiger partial charge on any atom is -0.481 e.